The van der Waals surface area contributed by atoms with E-state index >= 15 is 0 Å². The molecule has 0 bridgehead atoms. The Balaban J connectivity index is 1.99. The van der Waals surface area contributed by atoms with E-state index in [-0.39, 0.29) is 0 Å². The maximum Gasteiger partial charge on any atom is 0.128 e. The van der Waals surface area contributed by atoms with Crippen LogP contribution in [0.3, 0.4) is 0 Å². The molecule has 0 aromatic carbocycles. The van der Waals surface area contributed by atoms with Crippen LogP contribution in [0.1, 0.15) is 32.3 Å². The van der Waals surface area contributed by atoms with Gasteiger partial charge in [0.1, 0.15) is 10.8 Å². The van der Waals surface area contributed by atoms with Crippen molar-refractivity contribution in [2.75, 3.05) is 18.0 Å². The van der Waals surface area contributed by atoms with Gasteiger partial charge in [-0.2, -0.15) is 0 Å². The van der Waals surface area contributed by atoms with Crippen molar-refractivity contribution in [1.29, 1.82) is 0 Å². The van der Waals surface area contributed by atoms with E-state index in [1.54, 1.807) is 6.20 Å². The lowest BCUT2D eigenvalue weighted by atomic mass is 9.87. The molecule has 1 fully saturated rings. The van der Waals surface area contributed by atoms with Crippen LogP contribution in [-0.4, -0.2) is 23.1 Å². The van der Waals surface area contributed by atoms with E-state index in [0.29, 0.717) is 4.99 Å². The minimum absolute atomic E-state index is 0.410. The highest BCUT2D eigenvalue weighted by Gasteiger charge is 2.22. The highest BCUT2D eigenvalue weighted by Crippen LogP contribution is 2.26. The van der Waals surface area contributed by atoms with Crippen molar-refractivity contribution in [3.8, 4) is 0 Å². The molecule has 0 atom stereocenters. The van der Waals surface area contributed by atoms with Crippen molar-refractivity contribution in [2.24, 2.45) is 17.6 Å². The summed E-state index contributed by atoms with van der Waals surface area (Å²) in [5.74, 6) is 2.69. The average molecular weight is 263 g/mol. The van der Waals surface area contributed by atoms with Gasteiger partial charge in [0.05, 0.1) is 0 Å². The Morgan fingerprint density at radius 3 is 2.50 bits per heavy atom. The molecule has 4 heteroatoms. The zero-order chi connectivity index (χ0) is 13.1. The Morgan fingerprint density at radius 2 is 2.06 bits per heavy atom. The van der Waals surface area contributed by atoms with Gasteiger partial charge in [-0.15, -0.1) is 0 Å². The molecule has 0 radical (unpaired) electrons. The second kappa shape index (κ2) is 5.65. The first-order valence-corrected chi connectivity index (χ1v) is 6.99. The van der Waals surface area contributed by atoms with E-state index in [0.717, 1.165) is 36.3 Å². The van der Waals surface area contributed by atoms with E-state index in [1.165, 1.54) is 12.8 Å². The summed E-state index contributed by atoms with van der Waals surface area (Å²) < 4.78 is 0. The molecular formula is C14H21N3S. The summed E-state index contributed by atoms with van der Waals surface area (Å²) >= 11 is 4.93. The highest BCUT2D eigenvalue weighted by atomic mass is 32.1. The molecule has 2 N–H and O–H groups in total. The quantitative estimate of drug-likeness (QED) is 0.851. The number of piperidine rings is 1. The normalized spacial score (nSPS) is 17.2. The fourth-order valence-electron chi connectivity index (χ4n) is 2.51. The number of thiocarbonyl (C=S) groups is 1. The smallest absolute Gasteiger partial charge is 0.128 e. The molecule has 2 heterocycles. The first kappa shape index (κ1) is 13.3. The molecule has 0 spiro atoms. The summed E-state index contributed by atoms with van der Waals surface area (Å²) in [6.45, 7) is 6.83. The summed E-state index contributed by atoms with van der Waals surface area (Å²) in [6, 6.07) is 3.98. The van der Waals surface area contributed by atoms with Crippen molar-refractivity contribution in [3.05, 3.63) is 23.9 Å². The van der Waals surface area contributed by atoms with Gasteiger partial charge < -0.3 is 10.6 Å². The van der Waals surface area contributed by atoms with E-state index < -0.39 is 0 Å². The Bertz CT molecular complexity index is 406. The van der Waals surface area contributed by atoms with Crippen LogP contribution in [0.5, 0.6) is 0 Å². The van der Waals surface area contributed by atoms with E-state index in [1.807, 2.05) is 12.1 Å². The van der Waals surface area contributed by atoms with Gasteiger partial charge in [-0.25, -0.2) is 4.98 Å². The standard InChI is InChI=1S/C14H21N3S/c1-10(2)11-5-7-17(8-6-11)13-4-3-12(9-16-13)14(15)18/h3-4,9-11H,5-8H2,1-2H3,(H2,15,18). The molecule has 98 valence electrons. The van der Waals surface area contributed by atoms with Crippen LogP contribution in [0.15, 0.2) is 18.3 Å². The van der Waals surface area contributed by atoms with Crippen LogP contribution in [-0.2, 0) is 0 Å². The van der Waals surface area contributed by atoms with E-state index in [4.69, 9.17) is 18.0 Å². The molecular weight excluding hydrogens is 242 g/mol. The zero-order valence-corrected chi connectivity index (χ0v) is 11.9. The van der Waals surface area contributed by atoms with Gasteiger partial charge in [0, 0.05) is 24.8 Å². The maximum atomic E-state index is 5.57. The molecule has 0 aliphatic carbocycles. The molecule has 0 saturated carbocycles. The van der Waals surface area contributed by atoms with Crippen LogP contribution < -0.4 is 10.6 Å². The van der Waals surface area contributed by atoms with Gasteiger partial charge in [0.15, 0.2) is 0 Å². The number of pyridine rings is 1. The molecule has 3 nitrogen and oxygen atoms in total. The zero-order valence-electron chi connectivity index (χ0n) is 11.1. The molecule has 0 unspecified atom stereocenters. The lowest BCUT2D eigenvalue weighted by molar-refractivity contribution is 0.310. The third kappa shape index (κ3) is 2.99. The van der Waals surface area contributed by atoms with Crippen LogP contribution in [0, 0.1) is 11.8 Å². The van der Waals surface area contributed by atoms with Gasteiger partial charge in [-0.1, -0.05) is 26.1 Å². The van der Waals surface area contributed by atoms with Crippen LogP contribution in [0.2, 0.25) is 0 Å². The van der Waals surface area contributed by atoms with Crippen LogP contribution in [0.25, 0.3) is 0 Å². The third-order valence-electron chi connectivity index (χ3n) is 3.84. The van der Waals surface area contributed by atoms with Crippen molar-refractivity contribution in [1.82, 2.24) is 4.98 Å². The summed E-state index contributed by atoms with van der Waals surface area (Å²) in [5.41, 5.74) is 6.41. The van der Waals surface area contributed by atoms with Crippen molar-refractivity contribution < 1.29 is 0 Å². The molecule has 18 heavy (non-hydrogen) atoms. The van der Waals surface area contributed by atoms with Crippen LogP contribution >= 0.6 is 12.2 Å². The molecule has 1 aromatic heterocycles. The fourth-order valence-corrected chi connectivity index (χ4v) is 2.63. The number of anilines is 1. The predicted molar refractivity (Wildman–Crippen MR) is 79.9 cm³/mol. The lowest BCUT2D eigenvalue weighted by Crippen LogP contribution is -2.35. The monoisotopic (exact) mass is 263 g/mol. The van der Waals surface area contributed by atoms with Crippen molar-refractivity contribution >= 4 is 23.0 Å². The molecule has 1 aliphatic heterocycles. The SMILES string of the molecule is CC(C)C1CCN(c2ccc(C(N)=S)cn2)CC1. The highest BCUT2D eigenvalue weighted by molar-refractivity contribution is 7.80. The number of nitrogens with zero attached hydrogens (tertiary/aromatic N) is 2. The van der Waals surface area contributed by atoms with E-state index in [9.17, 15) is 0 Å². The molecule has 2 rings (SSSR count). The van der Waals surface area contributed by atoms with Gasteiger partial charge in [0.2, 0.25) is 0 Å². The predicted octanol–water partition coefficient (Wildman–Crippen LogP) is 2.59. The Kier molecular flexibility index (Phi) is 4.17. The second-order valence-corrected chi connectivity index (χ2v) is 5.78. The minimum Gasteiger partial charge on any atom is -0.389 e. The Hall–Kier alpha value is -1.16. The van der Waals surface area contributed by atoms with Crippen LogP contribution in [0.4, 0.5) is 5.82 Å². The molecule has 1 aromatic rings. The third-order valence-corrected chi connectivity index (χ3v) is 4.07. The van der Waals surface area contributed by atoms with E-state index in [2.05, 4.69) is 23.7 Å². The Labute approximate surface area is 114 Å². The van der Waals surface area contributed by atoms with Crippen molar-refractivity contribution in [3.63, 3.8) is 0 Å². The first-order valence-electron chi connectivity index (χ1n) is 6.58. The second-order valence-electron chi connectivity index (χ2n) is 5.34. The van der Waals surface area contributed by atoms with Gasteiger partial charge in [-0.05, 0) is 36.8 Å². The first-order chi connectivity index (χ1) is 8.58. The summed E-state index contributed by atoms with van der Waals surface area (Å²) in [5, 5.41) is 0. The lowest BCUT2D eigenvalue weighted by Gasteiger charge is -2.34. The van der Waals surface area contributed by atoms with Gasteiger partial charge >= 0.3 is 0 Å². The summed E-state index contributed by atoms with van der Waals surface area (Å²) in [6.07, 6.45) is 4.29. The van der Waals surface area contributed by atoms with Crippen molar-refractivity contribution in [2.45, 2.75) is 26.7 Å². The average Bonchev–Trinajstić information content (AvgIpc) is 2.39. The number of rotatable bonds is 3. The number of hydrogen-bond donors (Lipinski definition) is 1. The van der Waals surface area contributed by atoms with Gasteiger partial charge in [0.25, 0.3) is 0 Å². The number of aromatic nitrogens is 1. The molecule has 0 amide bonds. The fraction of sp³-hybridized carbons (Fsp3) is 0.571. The minimum atomic E-state index is 0.410. The number of nitrogens with two attached hydrogens (primary N) is 1. The summed E-state index contributed by atoms with van der Waals surface area (Å²) in [4.78, 5) is 7.21. The molecule has 1 aliphatic rings. The number of hydrogen-bond acceptors (Lipinski definition) is 3. The van der Waals surface area contributed by atoms with Gasteiger partial charge in [-0.3, -0.25) is 0 Å². The molecule has 1 saturated heterocycles. The summed E-state index contributed by atoms with van der Waals surface area (Å²) in [7, 11) is 0. The Morgan fingerprint density at radius 1 is 1.39 bits per heavy atom. The maximum absolute atomic E-state index is 5.57. The largest absolute Gasteiger partial charge is 0.389 e. The topological polar surface area (TPSA) is 42.1 Å².